The van der Waals surface area contributed by atoms with Crippen LogP contribution in [0.3, 0.4) is 0 Å². The zero-order valence-electron chi connectivity index (χ0n) is 25.8. The SMILES string of the molecule is CCNc1cc(C(=O)N[C@@H](Cc2ccccc2)[C@H](O)CNC(C)(C)c2cccc(OC)c2)c(F)c(N2CCCCS2(=O)=O)c1. The van der Waals surface area contributed by atoms with Crippen molar-refractivity contribution in [2.45, 2.75) is 57.7 Å². The summed E-state index contributed by atoms with van der Waals surface area (Å²) in [6.07, 6.45) is 0.334. The molecule has 4 rings (SSSR count). The van der Waals surface area contributed by atoms with E-state index < -0.39 is 39.4 Å². The van der Waals surface area contributed by atoms with Crippen LogP contribution in [0.25, 0.3) is 0 Å². The van der Waals surface area contributed by atoms with Gasteiger partial charge in [0.25, 0.3) is 5.91 Å². The first-order valence-electron chi connectivity index (χ1n) is 15.0. The number of benzene rings is 3. The number of sulfonamides is 1. The van der Waals surface area contributed by atoms with Crippen molar-refractivity contribution >= 4 is 27.3 Å². The number of aliphatic hydroxyl groups excluding tert-OH is 1. The standard InChI is InChI=1S/C33H43FN4O5S/c1-5-35-25-20-27(31(34)29(21-25)38-16-9-10-17-44(38,41)42)32(40)37-28(18-23-12-7-6-8-13-23)30(39)22-36-33(2,3)24-14-11-15-26(19-24)43-4/h6-8,11-15,19-21,28,30,35-36,39H,5,9-10,16-18,22H2,1-4H3,(H,37,40)/t28-,30+/m0/s1. The van der Waals surface area contributed by atoms with E-state index in [2.05, 4.69) is 16.0 Å². The van der Waals surface area contributed by atoms with Gasteiger partial charge in [0.2, 0.25) is 10.0 Å². The minimum atomic E-state index is -3.72. The van der Waals surface area contributed by atoms with Crippen LogP contribution in [0.5, 0.6) is 5.75 Å². The van der Waals surface area contributed by atoms with Crippen molar-refractivity contribution in [2.24, 2.45) is 0 Å². The summed E-state index contributed by atoms with van der Waals surface area (Å²) in [5, 5.41) is 20.7. The Hall–Kier alpha value is -3.67. The number of amides is 1. The lowest BCUT2D eigenvalue weighted by Crippen LogP contribution is -2.51. The van der Waals surface area contributed by atoms with Gasteiger partial charge in [0.15, 0.2) is 5.82 Å². The molecule has 44 heavy (non-hydrogen) atoms. The van der Waals surface area contributed by atoms with Crippen LogP contribution in [-0.4, -0.2) is 64.1 Å². The lowest BCUT2D eigenvalue weighted by Gasteiger charge is -2.32. The van der Waals surface area contributed by atoms with Crippen LogP contribution in [0.15, 0.2) is 66.7 Å². The predicted molar refractivity (Wildman–Crippen MR) is 172 cm³/mol. The summed E-state index contributed by atoms with van der Waals surface area (Å²) in [4.78, 5) is 13.7. The third-order valence-electron chi connectivity index (χ3n) is 7.92. The second kappa shape index (κ2) is 14.4. The van der Waals surface area contributed by atoms with Crippen LogP contribution >= 0.6 is 0 Å². The molecule has 4 N–H and O–H groups in total. The van der Waals surface area contributed by atoms with E-state index in [-0.39, 0.29) is 36.5 Å². The van der Waals surface area contributed by atoms with Crippen molar-refractivity contribution in [3.05, 3.63) is 89.2 Å². The number of methoxy groups -OCH3 is 1. The number of nitrogens with zero attached hydrogens (tertiary/aromatic N) is 1. The summed E-state index contributed by atoms with van der Waals surface area (Å²) < 4.78 is 48.1. The van der Waals surface area contributed by atoms with Crippen LogP contribution in [-0.2, 0) is 22.0 Å². The summed E-state index contributed by atoms with van der Waals surface area (Å²) in [5.41, 5.74) is 1.26. The molecule has 0 radical (unpaired) electrons. The molecule has 2 atom stereocenters. The maximum absolute atomic E-state index is 16.0. The number of hydrogen-bond donors (Lipinski definition) is 4. The molecule has 1 aliphatic heterocycles. The van der Waals surface area contributed by atoms with Gasteiger partial charge in [-0.15, -0.1) is 0 Å². The fourth-order valence-corrected chi connectivity index (χ4v) is 6.96. The summed E-state index contributed by atoms with van der Waals surface area (Å²) in [6.45, 7) is 6.57. The van der Waals surface area contributed by atoms with E-state index in [9.17, 15) is 18.3 Å². The van der Waals surface area contributed by atoms with E-state index in [1.165, 1.54) is 12.1 Å². The van der Waals surface area contributed by atoms with Gasteiger partial charge in [0, 0.05) is 30.9 Å². The van der Waals surface area contributed by atoms with Gasteiger partial charge in [-0.1, -0.05) is 42.5 Å². The molecule has 1 aliphatic rings. The van der Waals surface area contributed by atoms with Crippen molar-refractivity contribution in [1.82, 2.24) is 10.6 Å². The highest BCUT2D eigenvalue weighted by atomic mass is 32.2. The molecule has 0 unspecified atom stereocenters. The second-order valence-corrected chi connectivity index (χ2v) is 13.6. The van der Waals surface area contributed by atoms with Gasteiger partial charge in [-0.3, -0.25) is 9.10 Å². The monoisotopic (exact) mass is 626 g/mol. The maximum Gasteiger partial charge on any atom is 0.254 e. The summed E-state index contributed by atoms with van der Waals surface area (Å²) in [6, 6.07) is 19.1. The van der Waals surface area contributed by atoms with E-state index >= 15 is 4.39 Å². The molecule has 9 nitrogen and oxygen atoms in total. The van der Waals surface area contributed by atoms with E-state index in [4.69, 9.17) is 4.74 Å². The third kappa shape index (κ3) is 8.08. The predicted octanol–water partition coefficient (Wildman–Crippen LogP) is 4.42. The fourth-order valence-electron chi connectivity index (χ4n) is 5.33. The molecule has 0 saturated carbocycles. The van der Waals surface area contributed by atoms with Crippen molar-refractivity contribution < 1.29 is 27.4 Å². The minimum Gasteiger partial charge on any atom is -0.497 e. The van der Waals surface area contributed by atoms with Crippen LogP contribution in [0.1, 0.15) is 55.1 Å². The second-order valence-electron chi connectivity index (χ2n) is 11.6. The lowest BCUT2D eigenvalue weighted by molar-refractivity contribution is 0.0810. The summed E-state index contributed by atoms with van der Waals surface area (Å²) in [5.74, 6) is -1.03. The molecular formula is C33H43FN4O5S. The number of rotatable bonds is 13. The lowest BCUT2D eigenvalue weighted by atomic mass is 9.93. The molecule has 1 heterocycles. The highest BCUT2D eigenvalue weighted by Gasteiger charge is 2.32. The van der Waals surface area contributed by atoms with Gasteiger partial charge in [-0.2, -0.15) is 0 Å². The largest absolute Gasteiger partial charge is 0.497 e. The van der Waals surface area contributed by atoms with Crippen LogP contribution < -0.4 is 25.0 Å². The molecule has 0 spiro atoms. The molecule has 3 aromatic rings. The number of halogens is 1. The number of aliphatic hydroxyl groups is 1. The van der Waals surface area contributed by atoms with Gasteiger partial charge < -0.3 is 25.8 Å². The molecule has 1 fully saturated rings. The van der Waals surface area contributed by atoms with Crippen molar-refractivity contribution in [2.75, 3.05) is 42.1 Å². The van der Waals surface area contributed by atoms with Crippen molar-refractivity contribution in [3.63, 3.8) is 0 Å². The zero-order chi connectivity index (χ0) is 31.9. The van der Waals surface area contributed by atoms with Crippen LogP contribution in [0, 0.1) is 5.82 Å². The van der Waals surface area contributed by atoms with Gasteiger partial charge in [-0.05, 0) is 75.4 Å². The highest BCUT2D eigenvalue weighted by molar-refractivity contribution is 7.92. The molecular weight excluding hydrogens is 583 g/mol. The number of nitrogens with one attached hydrogen (secondary N) is 3. The van der Waals surface area contributed by atoms with E-state index in [0.29, 0.717) is 30.8 Å². The molecule has 11 heteroatoms. The van der Waals surface area contributed by atoms with E-state index in [1.807, 2.05) is 75.4 Å². The Morgan fingerprint density at radius 3 is 2.52 bits per heavy atom. The summed E-state index contributed by atoms with van der Waals surface area (Å²) in [7, 11) is -2.12. The molecule has 0 aliphatic carbocycles. The van der Waals surface area contributed by atoms with E-state index in [0.717, 1.165) is 15.4 Å². The molecule has 0 aromatic heterocycles. The molecule has 1 saturated heterocycles. The Morgan fingerprint density at radius 1 is 1.09 bits per heavy atom. The quantitative estimate of drug-likeness (QED) is 0.222. The first-order valence-corrected chi connectivity index (χ1v) is 16.6. The minimum absolute atomic E-state index is 0.0795. The van der Waals surface area contributed by atoms with Gasteiger partial charge in [0.05, 0.1) is 36.3 Å². The maximum atomic E-state index is 16.0. The smallest absolute Gasteiger partial charge is 0.254 e. The molecule has 3 aromatic carbocycles. The number of hydrogen-bond acceptors (Lipinski definition) is 7. The first-order chi connectivity index (χ1) is 20.9. The van der Waals surface area contributed by atoms with E-state index in [1.54, 1.807) is 7.11 Å². The number of carbonyl (C=O) groups is 1. The summed E-state index contributed by atoms with van der Waals surface area (Å²) >= 11 is 0. The Morgan fingerprint density at radius 2 is 1.84 bits per heavy atom. The topological polar surface area (TPSA) is 120 Å². The number of anilines is 2. The third-order valence-corrected chi connectivity index (χ3v) is 9.78. The zero-order valence-corrected chi connectivity index (χ0v) is 26.6. The van der Waals surface area contributed by atoms with Crippen molar-refractivity contribution in [1.29, 1.82) is 0 Å². The van der Waals surface area contributed by atoms with Crippen molar-refractivity contribution in [3.8, 4) is 5.75 Å². The Bertz CT molecular complexity index is 1530. The highest BCUT2D eigenvalue weighted by Crippen LogP contribution is 2.32. The first kappa shape index (κ1) is 33.2. The van der Waals surface area contributed by atoms with Crippen LogP contribution in [0.4, 0.5) is 15.8 Å². The number of carbonyl (C=O) groups excluding carboxylic acids is 1. The van der Waals surface area contributed by atoms with Gasteiger partial charge >= 0.3 is 0 Å². The Labute approximate surface area is 259 Å². The number of ether oxygens (including phenoxy) is 1. The van der Waals surface area contributed by atoms with Gasteiger partial charge in [-0.25, -0.2) is 12.8 Å². The van der Waals surface area contributed by atoms with Gasteiger partial charge in [0.1, 0.15) is 5.75 Å². The van der Waals surface area contributed by atoms with Crippen LogP contribution in [0.2, 0.25) is 0 Å². The normalized spacial score (nSPS) is 16.2. The average molecular weight is 627 g/mol. The molecule has 1 amide bonds. The fraction of sp³-hybridized carbons (Fsp3) is 0.424. The Balaban J connectivity index is 1.61. The average Bonchev–Trinajstić information content (AvgIpc) is 3.01. The molecule has 238 valence electrons. The Kier molecular flexibility index (Phi) is 10.9. The molecule has 0 bridgehead atoms.